The van der Waals surface area contributed by atoms with Crippen LogP contribution in [0.1, 0.15) is 41.9 Å². The lowest BCUT2D eigenvalue weighted by Crippen LogP contribution is -2.55. The van der Waals surface area contributed by atoms with Crippen molar-refractivity contribution in [1.82, 2.24) is 24.3 Å². The van der Waals surface area contributed by atoms with Crippen LogP contribution in [0, 0.1) is 0 Å². The van der Waals surface area contributed by atoms with E-state index in [9.17, 15) is 9.59 Å². The molecule has 8 heteroatoms. The molecule has 29 heavy (non-hydrogen) atoms. The average molecular weight is 395 g/mol. The zero-order valence-electron chi connectivity index (χ0n) is 16.4. The van der Waals surface area contributed by atoms with Gasteiger partial charge in [-0.05, 0) is 25.0 Å². The first kappa shape index (κ1) is 18.3. The van der Waals surface area contributed by atoms with Gasteiger partial charge in [0, 0.05) is 63.8 Å². The van der Waals surface area contributed by atoms with E-state index in [1.807, 2.05) is 16.0 Å². The van der Waals surface area contributed by atoms with Crippen LogP contribution in [-0.2, 0) is 21.7 Å². The van der Waals surface area contributed by atoms with Crippen molar-refractivity contribution in [3.05, 3.63) is 48.3 Å². The van der Waals surface area contributed by atoms with Crippen LogP contribution in [0.4, 0.5) is 0 Å². The summed E-state index contributed by atoms with van der Waals surface area (Å²) in [5.41, 5.74) is -0.0235. The monoisotopic (exact) mass is 395 g/mol. The fraction of sp³-hybridized carbons (Fsp3) is 0.524. The number of piperidine rings is 1. The Hall–Kier alpha value is -2.74. The summed E-state index contributed by atoms with van der Waals surface area (Å²) in [6.45, 7) is 3.26. The highest BCUT2D eigenvalue weighted by molar-refractivity contribution is 5.94. The van der Waals surface area contributed by atoms with E-state index >= 15 is 0 Å². The van der Waals surface area contributed by atoms with E-state index in [0.29, 0.717) is 38.0 Å². The lowest BCUT2D eigenvalue weighted by molar-refractivity contribution is -0.179. The van der Waals surface area contributed by atoms with Gasteiger partial charge in [-0.2, -0.15) is 0 Å². The number of carbonyl (C=O) groups is 2. The number of rotatable bonds is 2. The second-order valence-corrected chi connectivity index (χ2v) is 8.07. The quantitative estimate of drug-likeness (QED) is 0.769. The molecule has 0 bridgehead atoms. The van der Waals surface area contributed by atoms with Gasteiger partial charge in [0.15, 0.2) is 6.10 Å². The van der Waals surface area contributed by atoms with Crippen LogP contribution < -0.4 is 0 Å². The number of hydrogen-bond acceptors (Lipinski definition) is 5. The predicted molar refractivity (Wildman–Crippen MR) is 104 cm³/mol. The van der Waals surface area contributed by atoms with Crippen LogP contribution in [0.2, 0.25) is 0 Å². The molecule has 2 aromatic heterocycles. The zero-order chi connectivity index (χ0) is 19.8. The van der Waals surface area contributed by atoms with Gasteiger partial charge in [0.25, 0.3) is 11.8 Å². The van der Waals surface area contributed by atoms with Crippen molar-refractivity contribution in [1.29, 1.82) is 0 Å². The van der Waals surface area contributed by atoms with Gasteiger partial charge in [-0.25, -0.2) is 4.98 Å². The topological polar surface area (TPSA) is 80.6 Å². The number of hydrogen-bond donors (Lipinski definition) is 0. The molecule has 152 valence electrons. The van der Waals surface area contributed by atoms with Crippen LogP contribution >= 0.6 is 0 Å². The van der Waals surface area contributed by atoms with E-state index in [1.54, 1.807) is 30.7 Å². The highest BCUT2D eigenvalue weighted by Crippen LogP contribution is 2.40. The summed E-state index contributed by atoms with van der Waals surface area (Å²) in [6, 6.07) is 3.56. The molecule has 0 radical (unpaired) electrons. The van der Waals surface area contributed by atoms with Crippen LogP contribution in [0.25, 0.3) is 0 Å². The molecule has 0 aromatic carbocycles. The summed E-state index contributed by atoms with van der Waals surface area (Å²) < 4.78 is 8.54. The van der Waals surface area contributed by atoms with Gasteiger partial charge in [-0.1, -0.05) is 0 Å². The fourth-order valence-corrected chi connectivity index (χ4v) is 4.75. The Kier molecular flexibility index (Phi) is 4.58. The number of pyridine rings is 1. The molecule has 0 N–H and O–H groups in total. The van der Waals surface area contributed by atoms with E-state index in [0.717, 1.165) is 31.8 Å². The minimum absolute atomic E-state index is 0.0169. The molecule has 3 aliphatic rings. The highest BCUT2D eigenvalue weighted by atomic mass is 16.5. The van der Waals surface area contributed by atoms with Gasteiger partial charge in [-0.3, -0.25) is 14.6 Å². The first-order valence-corrected chi connectivity index (χ1v) is 10.3. The molecule has 1 atom stereocenters. The standard InChI is InChI=1S/C21H25N5O3/c27-18(16-4-3-7-22-14-16)25-11-5-21(6-12-25)20-23-8-13-26(20)15-17(29-21)19(28)24-9-1-2-10-24/h3-4,7-8,13-14,17H,1-2,5-6,9-12,15H2/t17-/m1/s1. The van der Waals surface area contributed by atoms with Crippen molar-refractivity contribution in [2.75, 3.05) is 26.2 Å². The van der Waals surface area contributed by atoms with Crippen molar-refractivity contribution in [2.24, 2.45) is 0 Å². The summed E-state index contributed by atoms with van der Waals surface area (Å²) in [6.07, 6.45) is 9.84. The van der Waals surface area contributed by atoms with Crippen LogP contribution in [0.15, 0.2) is 36.9 Å². The summed E-state index contributed by atoms with van der Waals surface area (Å²) in [7, 11) is 0. The average Bonchev–Trinajstić information content (AvgIpc) is 3.46. The maximum Gasteiger partial charge on any atom is 0.255 e. The normalized spacial score (nSPS) is 23.2. The fourth-order valence-electron chi connectivity index (χ4n) is 4.75. The van der Waals surface area contributed by atoms with Crippen molar-refractivity contribution in [3.63, 3.8) is 0 Å². The molecule has 0 saturated carbocycles. The zero-order valence-corrected chi connectivity index (χ0v) is 16.4. The summed E-state index contributed by atoms with van der Waals surface area (Å²) in [4.78, 5) is 38.1. The van der Waals surface area contributed by atoms with Crippen molar-refractivity contribution >= 4 is 11.8 Å². The van der Waals surface area contributed by atoms with Gasteiger partial charge in [0.1, 0.15) is 11.4 Å². The van der Waals surface area contributed by atoms with Crippen LogP contribution in [-0.4, -0.2) is 68.4 Å². The Labute approximate surface area is 169 Å². The van der Waals surface area contributed by atoms with Crippen molar-refractivity contribution in [3.8, 4) is 0 Å². The number of likely N-dealkylation sites (tertiary alicyclic amines) is 2. The van der Waals surface area contributed by atoms with Crippen LogP contribution in [0.5, 0.6) is 0 Å². The highest BCUT2D eigenvalue weighted by Gasteiger charge is 2.48. The third-order valence-electron chi connectivity index (χ3n) is 6.31. The van der Waals surface area contributed by atoms with Gasteiger partial charge < -0.3 is 19.1 Å². The maximum atomic E-state index is 13.0. The molecule has 2 amide bonds. The van der Waals surface area contributed by atoms with E-state index in [2.05, 4.69) is 14.5 Å². The summed E-state index contributed by atoms with van der Waals surface area (Å²) >= 11 is 0. The van der Waals surface area contributed by atoms with Crippen molar-refractivity contribution in [2.45, 2.75) is 43.9 Å². The number of fused-ring (bicyclic) bond motifs is 2. The van der Waals surface area contributed by atoms with E-state index < -0.39 is 11.7 Å². The number of aromatic nitrogens is 3. The Morgan fingerprint density at radius 2 is 1.86 bits per heavy atom. The molecule has 2 aromatic rings. The Morgan fingerprint density at radius 3 is 2.59 bits per heavy atom. The minimum atomic E-state index is -0.618. The first-order valence-electron chi connectivity index (χ1n) is 10.3. The van der Waals surface area contributed by atoms with Gasteiger partial charge in [0.05, 0.1) is 12.1 Å². The number of carbonyl (C=O) groups excluding carboxylic acids is 2. The maximum absolute atomic E-state index is 13.0. The Bertz CT molecular complexity index is 898. The number of nitrogens with zero attached hydrogens (tertiary/aromatic N) is 5. The van der Waals surface area contributed by atoms with Gasteiger partial charge in [-0.15, -0.1) is 0 Å². The Balaban J connectivity index is 1.34. The second kappa shape index (κ2) is 7.26. The SMILES string of the molecule is O=C(c1cccnc1)N1CCC2(CC1)O[C@@H](C(=O)N1CCCC1)Cn1ccnc12. The lowest BCUT2D eigenvalue weighted by Gasteiger charge is -2.46. The smallest absolute Gasteiger partial charge is 0.255 e. The lowest BCUT2D eigenvalue weighted by atomic mass is 9.88. The van der Waals surface area contributed by atoms with Gasteiger partial charge >= 0.3 is 0 Å². The van der Waals surface area contributed by atoms with E-state index in [-0.39, 0.29) is 11.8 Å². The van der Waals surface area contributed by atoms with Crippen molar-refractivity contribution < 1.29 is 14.3 Å². The van der Waals surface area contributed by atoms with E-state index in [1.165, 1.54) is 0 Å². The van der Waals surface area contributed by atoms with Crippen LogP contribution in [0.3, 0.4) is 0 Å². The first-order chi connectivity index (χ1) is 14.2. The van der Waals surface area contributed by atoms with Gasteiger partial charge in [0.2, 0.25) is 0 Å². The number of imidazole rings is 1. The second-order valence-electron chi connectivity index (χ2n) is 8.07. The molecule has 1 spiro atoms. The predicted octanol–water partition coefficient (Wildman–Crippen LogP) is 1.43. The molecule has 5 rings (SSSR count). The minimum Gasteiger partial charge on any atom is -0.352 e. The molecular formula is C21H25N5O3. The Morgan fingerprint density at radius 1 is 1.07 bits per heavy atom. The summed E-state index contributed by atoms with van der Waals surface area (Å²) in [5.74, 6) is 0.934. The molecule has 2 saturated heterocycles. The molecule has 8 nitrogen and oxygen atoms in total. The number of amides is 2. The molecule has 0 aliphatic carbocycles. The molecule has 5 heterocycles. The molecule has 0 unspecified atom stereocenters. The largest absolute Gasteiger partial charge is 0.352 e. The number of ether oxygens (including phenoxy) is 1. The molecule has 3 aliphatic heterocycles. The van der Waals surface area contributed by atoms with E-state index in [4.69, 9.17) is 4.74 Å². The third kappa shape index (κ3) is 3.21. The molecule has 2 fully saturated rings. The molecular weight excluding hydrogens is 370 g/mol. The third-order valence-corrected chi connectivity index (χ3v) is 6.31. The summed E-state index contributed by atoms with van der Waals surface area (Å²) in [5, 5.41) is 0.